The van der Waals surface area contributed by atoms with Crippen molar-refractivity contribution < 1.29 is 38.2 Å². The lowest BCUT2D eigenvalue weighted by Crippen LogP contribution is -2.55. The topological polar surface area (TPSA) is 133 Å². The third-order valence-electron chi connectivity index (χ3n) is 12.8. The van der Waals surface area contributed by atoms with Crippen LogP contribution in [0.5, 0.6) is 11.5 Å². The number of nitrogens with zero attached hydrogens (tertiary/aromatic N) is 2. The van der Waals surface area contributed by atoms with Crippen LogP contribution in [0.2, 0.25) is 5.02 Å². The van der Waals surface area contributed by atoms with E-state index < -0.39 is 58.5 Å². The van der Waals surface area contributed by atoms with Crippen LogP contribution in [0.3, 0.4) is 0 Å². The molecule has 10 rings (SSSR count). The van der Waals surface area contributed by atoms with Crippen molar-refractivity contribution in [2.45, 2.75) is 24.7 Å². The molecule has 0 radical (unpaired) electrons. The molecule has 2 aliphatic carbocycles. The van der Waals surface area contributed by atoms with Gasteiger partial charge in [0, 0.05) is 34.1 Å². The molecule has 6 unspecified atom stereocenters. The molecule has 3 aliphatic heterocycles. The molecule has 3 fully saturated rings. The number of carbonyl (C=O) groups excluding carboxylic acids is 5. The average Bonchev–Trinajstić information content (AvgIpc) is 3.64. The molecule has 12 heteroatoms. The summed E-state index contributed by atoms with van der Waals surface area (Å²) in [5.41, 5.74) is 5.48. The van der Waals surface area contributed by atoms with E-state index in [2.05, 4.69) is 5.43 Å². The Balaban J connectivity index is 1.08. The summed E-state index contributed by atoms with van der Waals surface area (Å²) in [6.45, 7) is 0. The molecule has 0 bridgehead atoms. The maximum Gasteiger partial charge on any atom is 0.260 e. The Labute approximate surface area is 348 Å². The third-order valence-corrected chi connectivity index (χ3v) is 13.1. The molecule has 2 saturated heterocycles. The highest BCUT2D eigenvalue weighted by Crippen LogP contribution is 2.63. The number of hydrazine groups is 1. The third kappa shape index (κ3) is 5.71. The van der Waals surface area contributed by atoms with Crippen LogP contribution in [0.4, 0.5) is 15.8 Å². The van der Waals surface area contributed by atoms with E-state index in [0.717, 1.165) is 10.6 Å². The fourth-order valence-electron chi connectivity index (χ4n) is 10.2. The normalized spacial score (nSPS) is 25.4. The van der Waals surface area contributed by atoms with Gasteiger partial charge < -0.3 is 9.84 Å². The van der Waals surface area contributed by atoms with Gasteiger partial charge in [-0.1, -0.05) is 65.7 Å². The number of amides is 4. The second kappa shape index (κ2) is 14.2. The lowest BCUT2D eigenvalue weighted by atomic mass is 9.48. The first-order valence-corrected chi connectivity index (χ1v) is 20.0. The molecule has 6 atom stereocenters. The van der Waals surface area contributed by atoms with Crippen LogP contribution >= 0.6 is 11.6 Å². The van der Waals surface area contributed by atoms with Crippen molar-refractivity contribution in [3.05, 3.63) is 178 Å². The first-order valence-electron chi connectivity index (χ1n) is 19.7. The van der Waals surface area contributed by atoms with E-state index in [9.17, 15) is 28.7 Å². The summed E-state index contributed by atoms with van der Waals surface area (Å²) in [6, 6.07) is 32.1. The summed E-state index contributed by atoms with van der Waals surface area (Å²) < 4.78 is 20.2. The number of allylic oxidation sites excluding steroid dienone is 3. The number of rotatable bonds is 7. The number of phenols is 1. The number of hydrogen-bond acceptors (Lipinski definition) is 8. The highest BCUT2D eigenvalue weighted by atomic mass is 35.5. The number of nitrogens with one attached hydrogen (secondary N) is 1. The van der Waals surface area contributed by atoms with Crippen molar-refractivity contribution in [1.82, 2.24) is 5.01 Å². The number of phenolic OH excluding ortho intramolecular Hbond substituents is 1. The van der Waals surface area contributed by atoms with Crippen LogP contribution in [-0.4, -0.2) is 39.5 Å². The Morgan fingerprint density at radius 1 is 0.817 bits per heavy atom. The van der Waals surface area contributed by atoms with Crippen LogP contribution in [0.25, 0.3) is 0 Å². The Hall–Kier alpha value is -6.85. The molecule has 5 aliphatic rings. The maximum atomic E-state index is 15.5. The second-order valence-electron chi connectivity index (χ2n) is 15.9. The van der Waals surface area contributed by atoms with Gasteiger partial charge in [-0.25, -0.2) is 4.39 Å². The van der Waals surface area contributed by atoms with E-state index in [1.54, 1.807) is 91.2 Å². The zero-order valence-corrected chi connectivity index (χ0v) is 32.5. The number of imide groups is 2. The first kappa shape index (κ1) is 37.4. The van der Waals surface area contributed by atoms with E-state index in [1.807, 2.05) is 12.1 Å². The zero-order chi connectivity index (χ0) is 41.4. The van der Waals surface area contributed by atoms with Crippen LogP contribution in [-0.2, 0) is 31.0 Å². The van der Waals surface area contributed by atoms with Gasteiger partial charge in [0.05, 0.1) is 40.8 Å². The molecule has 2 N–H and O–H groups in total. The molecule has 10 nitrogen and oxygen atoms in total. The molecule has 4 amide bonds. The van der Waals surface area contributed by atoms with Crippen LogP contribution < -0.4 is 15.1 Å². The first-order chi connectivity index (χ1) is 29.0. The lowest BCUT2D eigenvalue weighted by Gasteiger charge is -2.51. The van der Waals surface area contributed by atoms with Crippen molar-refractivity contribution in [2.24, 2.45) is 29.6 Å². The summed E-state index contributed by atoms with van der Waals surface area (Å²) in [5.74, 6) is -6.20. The number of aromatic hydroxyl groups is 1. The highest BCUT2D eigenvalue weighted by molar-refractivity contribution is 6.30. The van der Waals surface area contributed by atoms with E-state index in [1.165, 1.54) is 35.2 Å². The molecule has 60 heavy (non-hydrogen) atoms. The fraction of sp³-hybridized carbons (Fsp3) is 0.188. The zero-order valence-electron chi connectivity index (χ0n) is 31.8. The van der Waals surface area contributed by atoms with E-state index >= 15 is 4.79 Å². The Kier molecular flexibility index (Phi) is 8.83. The van der Waals surface area contributed by atoms with Gasteiger partial charge in [-0.3, -0.25) is 34.3 Å². The van der Waals surface area contributed by atoms with Gasteiger partial charge in [-0.05, 0) is 109 Å². The van der Waals surface area contributed by atoms with E-state index in [-0.39, 0.29) is 36.7 Å². The van der Waals surface area contributed by atoms with Gasteiger partial charge in [0.15, 0.2) is 5.78 Å². The molecule has 0 aromatic heterocycles. The number of ketones is 1. The van der Waals surface area contributed by atoms with Crippen molar-refractivity contribution in [3.63, 3.8) is 0 Å². The van der Waals surface area contributed by atoms with E-state index in [4.69, 9.17) is 16.3 Å². The monoisotopic (exact) mass is 819 g/mol. The van der Waals surface area contributed by atoms with Gasteiger partial charge >= 0.3 is 0 Å². The van der Waals surface area contributed by atoms with Crippen molar-refractivity contribution >= 4 is 52.4 Å². The standard InChI is InChI=1S/C48H35ClFN3O7/c49-31-10-8-30(9-11-31)48-39(45(57)53(47(48)59)51-33-14-12-32(50)13-15-33)24-38-36(42(48)29-22-28-23-35(54)18-21-40(28)60-25-29)19-20-37-41(38)46(58)52(44(37)56)34-16-6-27(7-17-34)43(55)26-4-2-1-3-5-26/h1-19,21,23,25,37-39,41-42,51,54H,20,22,24H2. The number of ether oxygens (including phenoxy) is 1. The molecule has 3 heterocycles. The van der Waals surface area contributed by atoms with Crippen LogP contribution in [0.15, 0.2) is 145 Å². The predicted molar refractivity (Wildman–Crippen MR) is 219 cm³/mol. The Morgan fingerprint density at radius 3 is 2.27 bits per heavy atom. The SMILES string of the molecule is O=C(c1ccccc1)c1ccc(N2C(=O)C3CC=C4C(CC5C(=O)N(Nc6ccc(F)cc6)C(=O)C5(c5ccc(Cl)cc5)C4C4=COc5ccc(O)cc5C4)C3C2=O)cc1. The molecule has 298 valence electrons. The van der Waals surface area contributed by atoms with Gasteiger partial charge in [0.25, 0.3) is 11.8 Å². The number of halogens is 2. The van der Waals surface area contributed by atoms with Crippen molar-refractivity contribution in [1.29, 1.82) is 0 Å². The number of fused-ring (bicyclic) bond motifs is 5. The minimum atomic E-state index is -1.58. The van der Waals surface area contributed by atoms with Gasteiger partial charge in [-0.15, -0.1) is 0 Å². The van der Waals surface area contributed by atoms with Gasteiger partial charge in [0.1, 0.15) is 17.3 Å². The van der Waals surface area contributed by atoms with Crippen molar-refractivity contribution in [2.75, 3.05) is 10.3 Å². The minimum Gasteiger partial charge on any atom is -0.508 e. The number of hydrogen-bond donors (Lipinski definition) is 2. The number of benzene rings is 5. The largest absolute Gasteiger partial charge is 0.508 e. The summed E-state index contributed by atoms with van der Waals surface area (Å²) in [7, 11) is 0. The molecule has 5 aromatic rings. The molecule has 0 spiro atoms. The average molecular weight is 820 g/mol. The van der Waals surface area contributed by atoms with Crippen LogP contribution in [0, 0.1) is 35.4 Å². The second-order valence-corrected chi connectivity index (χ2v) is 16.3. The Bertz CT molecular complexity index is 2700. The van der Waals surface area contributed by atoms with E-state index in [0.29, 0.717) is 50.0 Å². The minimum absolute atomic E-state index is 0.0274. The van der Waals surface area contributed by atoms with Gasteiger partial charge in [0.2, 0.25) is 11.8 Å². The maximum absolute atomic E-state index is 15.5. The highest BCUT2D eigenvalue weighted by Gasteiger charge is 2.70. The van der Waals surface area contributed by atoms with Crippen molar-refractivity contribution in [3.8, 4) is 11.5 Å². The quantitative estimate of drug-likeness (QED) is 0.0961. The molecular weight excluding hydrogens is 785 g/mol. The lowest BCUT2D eigenvalue weighted by molar-refractivity contribution is -0.139. The number of carbonyl (C=O) groups is 5. The Morgan fingerprint density at radius 2 is 1.53 bits per heavy atom. The molecule has 5 aromatic carbocycles. The summed E-state index contributed by atoms with van der Waals surface area (Å²) in [6.07, 6.45) is 4.04. The fourth-order valence-corrected chi connectivity index (χ4v) is 10.4. The smallest absolute Gasteiger partial charge is 0.260 e. The summed E-state index contributed by atoms with van der Waals surface area (Å²) in [5, 5.41) is 11.9. The molecule has 1 saturated carbocycles. The summed E-state index contributed by atoms with van der Waals surface area (Å²) in [4.78, 5) is 73.9. The predicted octanol–water partition coefficient (Wildman–Crippen LogP) is 7.96. The van der Waals surface area contributed by atoms with Gasteiger partial charge in [-0.2, -0.15) is 5.01 Å². The van der Waals surface area contributed by atoms with Crippen LogP contribution in [0.1, 0.15) is 39.9 Å². The molecular formula is C48H35ClFN3O7. The number of anilines is 2. The summed E-state index contributed by atoms with van der Waals surface area (Å²) >= 11 is 6.42.